The van der Waals surface area contributed by atoms with Crippen LogP contribution in [0.4, 0.5) is 5.69 Å². The summed E-state index contributed by atoms with van der Waals surface area (Å²) in [6, 6.07) is 2.67. The summed E-state index contributed by atoms with van der Waals surface area (Å²) in [6.07, 6.45) is 1.46. The van der Waals surface area contributed by atoms with E-state index in [1.54, 1.807) is 0 Å². The fraction of sp³-hybridized carbons (Fsp3) is 0. The monoisotopic (exact) mass is 275 g/mol. The quantitative estimate of drug-likeness (QED) is 0.622. The highest BCUT2D eigenvalue weighted by molar-refractivity contribution is 6.99. The SMILES string of the molecule is O=[N+]([O-])c1ccc(Cl)c(-c2cnsn2)c1Cl. The summed E-state index contributed by atoms with van der Waals surface area (Å²) in [5, 5.41) is 11.0. The highest BCUT2D eigenvalue weighted by atomic mass is 35.5. The minimum Gasteiger partial charge on any atom is -0.258 e. The lowest BCUT2D eigenvalue weighted by Crippen LogP contribution is -1.91. The third kappa shape index (κ3) is 1.87. The Labute approximate surface area is 104 Å². The van der Waals surface area contributed by atoms with E-state index in [2.05, 4.69) is 8.75 Å². The van der Waals surface area contributed by atoms with Gasteiger partial charge in [-0.15, -0.1) is 0 Å². The zero-order valence-corrected chi connectivity index (χ0v) is 9.88. The molecule has 82 valence electrons. The maximum atomic E-state index is 10.7. The summed E-state index contributed by atoms with van der Waals surface area (Å²) in [4.78, 5) is 10.1. The van der Waals surface area contributed by atoms with Crippen molar-refractivity contribution < 1.29 is 4.92 Å². The normalized spacial score (nSPS) is 10.4. The molecule has 0 bridgehead atoms. The van der Waals surface area contributed by atoms with Crippen molar-refractivity contribution in [2.45, 2.75) is 0 Å². The Morgan fingerprint density at radius 3 is 2.69 bits per heavy atom. The molecular formula is C8H3Cl2N3O2S. The van der Waals surface area contributed by atoms with Crippen LogP contribution in [0, 0.1) is 10.1 Å². The molecule has 8 heteroatoms. The van der Waals surface area contributed by atoms with E-state index >= 15 is 0 Å². The topological polar surface area (TPSA) is 68.9 Å². The number of rotatable bonds is 2. The molecule has 0 radical (unpaired) electrons. The van der Waals surface area contributed by atoms with Crippen molar-refractivity contribution in [2.75, 3.05) is 0 Å². The second kappa shape index (κ2) is 4.32. The maximum Gasteiger partial charge on any atom is 0.288 e. The second-order valence-electron chi connectivity index (χ2n) is 2.81. The molecule has 2 rings (SSSR count). The standard InChI is InChI=1S/C8H3Cl2N3O2S/c9-4-1-2-6(13(14)15)8(10)7(4)5-3-11-16-12-5/h1-3H. The van der Waals surface area contributed by atoms with Crippen molar-refractivity contribution in [3.05, 3.63) is 38.5 Å². The highest BCUT2D eigenvalue weighted by Crippen LogP contribution is 2.39. The molecule has 0 fully saturated rings. The molecule has 0 amide bonds. The Balaban J connectivity index is 2.69. The zero-order chi connectivity index (χ0) is 11.7. The van der Waals surface area contributed by atoms with Gasteiger partial charge in [0.2, 0.25) is 0 Å². The molecule has 0 aliphatic rings. The van der Waals surface area contributed by atoms with Gasteiger partial charge in [-0.2, -0.15) is 8.75 Å². The third-order valence-electron chi connectivity index (χ3n) is 1.88. The summed E-state index contributed by atoms with van der Waals surface area (Å²) in [7, 11) is 0. The van der Waals surface area contributed by atoms with Gasteiger partial charge in [0, 0.05) is 11.6 Å². The predicted molar refractivity (Wildman–Crippen MR) is 62.0 cm³/mol. The van der Waals surface area contributed by atoms with Crippen LogP contribution in [0.3, 0.4) is 0 Å². The average Bonchev–Trinajstić information content (AvgIpc) is 2.70. The largest absolute Gasteiger partial charge is 0.288 e. The lowest BCUT2D eigenvalue weighted by Gasteiger charge is -2.03. The molecule has 0 atom stereocenters. The molecule has 16 heavy (non-hydrogen) atoms. The van der Waals surface area contributed by atoms with Gasteiger partial charge in [0.15, 0.2) is 0 Å². The number of hydrogen-bond donors (Lipinski definition) is 0. The lowest BCUT2D eigenvalue weighted by molar-refractivity contribution is -0.384. The molecule has 0 unspecified atom stereocenters. The van der Waals surface area contributed by atoms with Gasteiger partial charge in [-0.05, 0) is 6.07 Å². The molecule has 0 spiro atoms. The number of nitrogens with zero attached hydrogens (tertiary/aromatic N) is 3. The molecule has 2 aromatic rings. The molecule has 0 saturated heterocycles. The summed E-state index contributed by atoms with van der Waals surface area (Å²) in [5.74, 6) is 0. The van der Waals surface area contributed by atoms with E-state index in [9.17, 15) is 10.1 Å². The van der Waals surface area contributed by atoms with Crippen molar-refractivity contribution in [3.63, 3.8) is 0 Å². The van der Waals surface area contributed by atoms with Crippen molar-refractivity contribution in [3.8, 4) is 11.3 Å². The van der Waals surface area contributed by atoms with Crippen molar-refractivity contribution >= 4 is 40.6 Å². The summed E-state index contributed by atoms with van der Waals surface area (Å²) >= 11 is 12.8. The van der Waals surface area contributed by atoms with Gasteiger partial charge in [-0.3, -0.25) is 10.1 Å². The van der Waals surface area contributed by atoms with Crippen LogP contribution in [-0.4, -0.2) is 13.7 Å². The van der Waals surface area contributed by atoms with E-state index in [-0.39, 0.29) is 10.7 Å². The first-order valence-electron chi connectivity index (χ1n) is 4.01. The molecular weight excluding hydrogens is 273 g/mol. The fourth-order valence-electron chi connectivity index (χ4n) is 1.19. The smallest absolute Gasteiger partial charge is 0.258 e. The zero-order valence-electron chi connectivity index (χ0n) is 7.55. The molecule has 5 nitrogen and oxygen atoms in total. The van der Waals surface area contributed by atoms with Crippen LogP contribution < -0.4 is 0 Å². The van der Waals surface area contributed by atoms with E-state index in [4.69, 9.17) is 23.2 Å². The Kier molecular flexibility index (Phi) is 3.04. The van der Waals surface area contributed by atoms with E-state index in [0.29, 0.717) is 16.3 Å². The molecule has 0 saturated carbocycles. The highest BCUT2D eigenvalue weighted by Gasteiger charge is 2.21. The van der Waals surface area contributed by atoms with Crippen LogP contribution in [0.15, 0.2) is 18.3 Å². The van der Waals surface area contributed by atoms with Crippen molar-refractivity contribution in [1.82, 2.24) is 8.75 Å². The Hall–Kier alpha value is -1.24. The van der Waals surface area contributed by atoms with Gasteiger partial charge in [-0.25, -0.2) is 0 Å². The van der Waals surface area contributed by atoms with E-state index in [1.165, 1.54) is 18.3 Å². The first-order chi connectivity index (χ1) is 7.61. The lowest BCUT2D eigenvalue weighted by atomic mass is 10.1. The van der Waals surface area contributed by atoms with Crippen LogP contribution in [0.25, 0.3) is 11.3 Å². The number of nitro groups is 1. The number of benzene rings is 1. The molecule has 1 heterocycles. The summed E-state index contributed by atoms with van der Waals surface area (Å²) in [6.45, 7) is 0. The van der Waals surface area contributed by atoms with Crippen molar-refractivity contribution in [1.29, 1.82) is 0 Å². The summed E-state index contributed by atoms with van der Waals surface area (Å²) in [5.41, 5.74) is 0.573. The van der Waals surface area contributed by atoms with Gasteiger partial charge < -0.3 is 0 Å². The van der Waals surface area contributed by atoms with Crippen LogP contribution in [0.1, 0.15) is 0 Å². The predicted octanol–water partition coefficient (Wildman–Crippen LogP) is 3.42. The van der Waals surface area contributed by atoms with Crippen LogP contribution in [0.2, 0.25) is 10.0 Å². The van der Waals surface area contributed by atoms with Gasteiger partial charge >= 0.3 is 0 Å². The fourth-order valence-corrected chi connectivity index (χ4v) is 2.25. The third-order valence-corrected chi connectivity index (χ3v) is 3.06. The molecule has 1 aromatic heterocycles. The second-order valence-corrected chi connectivity index (χ2v) is 4.15. The van der Waals surface area contributed by atoms with E-state index < -0.39 is 4.92 Å². The van der Waals surface area contributed by atoms with Gasteiger partial charge in [0.05, 0.1) is 27.9 Å². The Bertz CT molecular complexity index is 544. The Morgan fingerprint density at radius 2 is 2.12 bits per heavy atom. The molecule has 0 N–H and O–H groups in total. The summed E-state index contributed by atoms with van der Waals surface area (Å²) < 4.78 is 7.75. The minimum atomic E-state index is -0.568. The van der Waals surface area contributed by atoms with Crippen LogP contribution in [-0.2, 0) is 0 Å². The molecule has 0 aliphatic carbocycles. The average molecular weight is 276 g/mol. The van der Waals surface area contributed by atoms with E-state index in [1.807, 2.05) is 0 Å². The first kappa shape index (κ1) is 11.3. The Morgan fingerprint density at radius 1 is 1.38 bits per heavy atom. The maximum absolute atomic E-state index is 10.7. The van der Waals surface area contributed by atoms with Crippen molar-refractivity contribution in [2.24, 2.45) is 0 Å². The number of halogens is 2. The number of nitro benzene ring substituents is 1. The molecule has 1 aromatic carbocycles. The van der Waals surface area contributed by atoms with Gasteiger partial charge in [0.25, 0.3) is 5.69 Å². The van der Waals surface area contributed by atoms with Gasteiger partial charge in [0.1, 0.15) is 10.7 Å². The van der Waals surface area contributed by atoms with E-state index in [0.717, 1.165) is 11.7 Å². The first-order valence-corrected chi connectivity index (χ1v) is 5.50. The van der Waals surface area contributed by atoms with Crippen LogP contribution in [0.5, 0.6) is 0 Å². The van der Waals surface area contributed by atoms with Gasteiger partial charge in [-0.1, -0.05) is 23.2 Å². The number of aromatic nitrogens is 2. The number of hydrogen-bond acceptors (Lipinski definition) is 5. The molecule has 0 aliphatic heterocycles. The minimum absolute atomic E-state index is 0.0230. The van der Waals surface area contributed by atoms with Crippen LogP contribution >= 0.6 is 34.9 Å².